The second-order valence-electron chi connectivity index (χ2n) is 4.91. The molecule has 0 saturated heterocycles. The summed E-state index contributed by atoms with van der Waals surface area (Å²) in [7, 11) is 1.95. The van der Waals surface area contributed by atoms with Gasteiger partial charge in [0.25, 0.3) is 0 Å². The minimum atomic E-state index is -0.761. The Morgan fingerprint density at radius 2 is 2.05 bits per heavy atom. The van der Waals surface area contributed by atoms with Gasteiger partial charge in [0.2, 0.25) is 0 Å². The van der Waals surface area contributed by atoms with Crippen molar-refractivity contribution >= 4 is 11.7 Å². The Morgan fingerprint density at radius 3 is 2.74 bits per heavy atom. The molecule has 1 aromatic rings. The van der Waals surface area contributed by atoms with Gasteiger partial charge < -0.3 is 19.5 Å². The van der Waals surface area contributed by atoms with E-state index in [1.165, 1.54) is 0 Å². The lowest BCUT2D eigenvalue weighted by molar-refractivity contribution is -0.137. The summed E-state index contributed by atoms with van der Waals surface area (Å²) < 4.78 is 11.0. The van der Waals surface area contributed by atoms with Crippen molar-refractivity contribution in [2.75, 3.05) is 31.7 Å². The van der Waals surface area contributed by atoms with Crippen LogP contribution in [0, 0.1) is 5.92 Å². The maximum Gasteiger partial charge on any atom is 0.303 e. The van der Waals surface area contributed by atoms with E-state index in [0.717, 1.165) is 17.2 Å². The van der Waals surface area contributed by atoms with Gasteiger partial charge in [0.1, 0.15) is 13.2 Å². The fourth-order valence-electron chi connectivity index (χ4n) is 2.21. The van der Waals surface area contributed by atoms with E-state index in [1.807, 2.05) is 37.1 Å². The lowest BCUT2D eigenvalue weighted by Crippen LogP contribution is -2.25. The third-order valence-electron chi connectivity index (χ3n) is 3.08. The first-order chi connectivity index (χ1) is 9.06. The first kappa shape index (κ1) is 13.5. The number of carbonyl (C=O) groups is 1. The van der Waals surface area contributed by atoms with Crippen LogP contribution in [0.1, 0.15) is 13.3 Å². The number of carboxylic acids is 1. The monoisotopic (exact) mass is 265 g/mol. The average Bonchev–Trinajstić information content (AvgIpc) is 2.37. The van der Waals surface area contributed by atoms with Crippen molar-refractivity contribution in [3.63, 3.8) is 0 Å². The number of nitrogens with zero attached hydrogens (tertiary/aromatic N) is 1. The number of ether oxygens (including phenoxy) is 2. The highest BCUT2D eigenvalue weighted by atomic mass is 16.6. The van der Waals surface area contributed by atoms with Gasteiger partial charge in [-0.3, -0.25) is 4.79 Å². The molecule has 2 rings (SSSR count). The van der Waals surface area contributed by atoms with E-state index >= 15 is 0 Å². The molecular weight excluding hydrogens is 246 g/mol. The number of anilines is 1. The first-order valence-electron chi connectivity index (χ1n) is 6.39. The topological polar surface area (TPSA) is 59.0 Å². The molecule has 0 spiro atoms. The number of aliphatic carboxylic acids is 1. The Hall–Kier alpha value is -1.91. The average molecular weight is 265 g/mol. The number of carboxylic acid groups (broad SMARTS) is 1. The number of rotatable bonds is 5. The molecule has 0 amide bonds. The highest BCUT2D eigenvalue weighted by molar-refractivity contribution is 5.67. The molecule has 1 unspecified atom stereocenters. The standard InChI is InChI=1S/C14H19NO4/c1-10(7-14(16)17)9-15(2)11-3-4-12-13(8-11)19-6-5-18-12/h3-4,8,10H,5-7,9H2,1-2H3,(H,16,17). The van der Waals surface area contributed by atoms with Crippen molar-refractivity contribution in [2.45, 2.75) is 13.3 Å². The zero-order chi connectivity index (χ0) is 13.8. The summed E-state index contributed by atoms with van der Waals surface area (Å²) >= 11 is 0. The van der Waals surface area contributed by atoms with E-state index in [2.05, 4.69) is 0 Å². The molecule has 1 aliphatic rings. The Balaban J connectivity index is 2.02. The predicted molar refractivity (Wildman–Crippen MR) is 72.1 cm³/mol. The van der Waals surface area contributed by atoms with Crippen molar-refractivity contribution in [3.8, 4) is 11.5 Å². The van der Waals surface area contributed by atoms with Crippen LogP contribution in [0.2, 0.25) is 0 Å². The lowest BCUT2D eigenvalue weighted by atomic mass is 10.1. The number of hydrogen-bond acceptors (Lipinski definition) is 4. The van der Waals surface area contributed by atoms with Crippen molar-refractivity contribution in [3.05, 3.63) is 18.2 Å². The predicted octanol–water partition coefficient (Wildman–Crippen LogP) is 2.00. The van der Waals surface area contributed by atoms with Crippen LogP contribution in [0.3, 0.4) is 0 Å². The Labute approximate surface area is 112 Å². The van der Waals surface area contributed by atoms with Crippen LogP contribution in [0.4, 0.5) is 5.69 Å². The molecule has 0 aromatic heterocycles. The van der Waals surface area contributed by atoms with Gasteiger partial charge in [0, 0.05) is 31.8 Å². The van der Waals surface area contributed by atoms with Gasteiger partial charge in [-0.05, 0) is 18.1 Å². The van der Waals surface area contributed by atoms with Gasteiger partial charge >= 0.3 is 5.97 Å². The van der Waals surface area contributed by atoms with E-state index in [-0.39, 0.29) is 12.3 Å². The van der Waals surface area contributed by atoms with E-state index in [1.54, 1.807) is 0 Å². The second kappa shape index (κ2) is 5.82. The number of fused-ring (bicyclic) bond motifs is 1. The molecule has 1 aliphatic heterocycles. The smallest absolute Gasteiger partial charge is 0.303 e. The van der Waals surface area contributed by atoms with Crippen LogP contribution in [0.25, 0.3) is 0 Å². The molecule has 1 aromatic carbocycles. The molecule has 1 atom stereocenters. The molecule has 5 heteroatoms. The fourth-order valence-corrected chi connectivity index (χ4v) is 2.21. The van der Waals surface area contributed by atoms with Crippen LogP contribution in [0.15, 0.2) is 18.2 Å². The minimum absolute atomic E-state index is 0.0932. The molecule has 1 heterocycles. The van der Waals surface area contributed by atoms with E-state index in [4.69, 9.17) is 14.6 Å². The van der Waals surface area contributed by atoms with Gasteiger partial charge in [-0.1, -0.05) is 6.92 Å². The molecule has 5 nitrogen and oxygen atoms in total. The van der Waals surface area contributed by atoms with E-state index in [9.17, 15) is 4.79 Å². The summed E-state index contributed by atoms with van der Waals surface area (Å²) in [5, 5.41) is 8.77. The minimum Gasteiger partial charge on any atom is -0.486 e. The molecule has 0 fully saturated rings. The molecule has 0 radical (unpaired) electrons. The molecule has 1 N–H and O–H groups in total. The van der Waals surface area contributed by atoms with Gasteiger partial charge in [0.05, 0.1) is 0 Å². The maximum absolute atomic E-state index is 10.7. The first-order valence-corrected chi connectivity index (χ1v) is 6.39. The SMILES string of the molecule is CC(CC(=O)O)CN(C)c1ccc2c(c1)OCCO2. The third-order valence-corrected chi connectivity index (χ3v) is 3.08. The molecular formula is C14H19NO4. The largest absolute Gasteiger partial charge is 0.486 e. The van der Waals surface area contributed by atoms with Crippen molar-refractivity contribution in [2.24, 2.45) is 5.92 Å². The van der Waals surface area contributed by atoms with E-state index < -0.39 is 5.97 Å². The van der Waals surface area contributed by atoms with Gasteiger partial charge in [-0.2, -0.15) is 0 Å². The van der Waals surface area contributed by atoms with Crippen molar-refractivity contribution in [1.82, 2.24) is 0 Å². The summed E-state index contributed by atoms with van der Waals surface area (Å²) in [6, 6.07) is 5.78. The van der Waals surface area contributed by atoms with Crippen LogP contribution in [-0.2, 0) is 4.79 Å². The normalized spacial score (nSPS) is 14.8. The Bertz CT molecular complexity index is 461. The summed E-state index contributed by atoms with van der Waals surface area (Å²) in [4.78, 5) is 12.7. The number of hydrogen-bond donors (Lipinski definition) is 1. The molecule has 0 bridgehead atoms. The molecule has 104 valence electrons. The lowest BCUT2D eigenvalue weighted by Gasteiger charge is -2.25. The summed E-state index contributed by atoms with van der Waals surface area (Å²) in [6.45, 7) is 3.77. The van der Waals surface area contributed by atoms with Crippen LogP contribution < -0.4 is 14.4 Å². The maximum atomic E-state index is 10.7. The zero-order valence-corrected chi connectivity index (χ0v) is 11.3. The molecule has 0 saturated carbocycles. The Morgan fingerprint density at radius 1 is 1.37 bits per heavy atom. The van der Waals surface area contributed by atoms with Gasteiger partial charge in [0.15, 0.2) is 11.5 Å². The summed E-state index contributed by atoms with van der Waals surface area (Å²) in [5.41, 5.74) is 1.00. The van der Waals surface area contributed by atoms with E-state index in [0.29, 0.717) is 19.8 Å². The van der Waals surface area contributed by atoms with Crippen LogP contribution >= 0.6 is 0 Å². The second-order valence-corrected chi connectivity index (χ2v) is 4.91. The summed E-state index contributed by atoms with van der Waals surface area (Å²) in [5.74, 6) is 0.849. The van der Waals surface area contributed by atoms with Crippen LogP contribution in [-0.4, -0.2) is 37.9 Å². The molecule has 19 heavy (non-hydrogen) atoms. The van der Waals surface area contributed by atoms with Crippen molar-refractivity contribution in [1.29, 1.82) is 0 Å². The third kappa shape index (κ3) is 3.53. The summed E-state index contributed by atoms with van der Waals surface area (Å²) in [6.07, 6.45) is 0.175. The van der Waals surface area contributed by atoms with Crippen LogP contribution in [0.5, 0.6) is 11.5 Å². The highest BCUT2D eigenvalue weighted by Gasteiger charge is 2.15. The highest BCUT2D eigenvalue weighted by Crippen LogP contribution is 2.33. The number of benzene rings is 1. The Kier molecular flexibility index (Phi) is 4.14. The fraction of sp³-hybridized carbons (Fsp3) is 0.500. The van der Waals surface area contributed by atoms with Crippen molar-refractivity contribution < 1.29 is 19.4 Å². The quantitative estimate of drug-likeness (QED) is 0.882. The van der Waals surface area contributed by atoms with Gasteiger partial charge in [-0.15, -0.1) is 0 Å². The molecule has 0 aliphatic carbocycles. The van der Waals surface area contributed by atoms with Gasteiger partial charge in [-0.25, -0.2) is 0 Å². The zero-order valence-electron chi connectivity index (χ0n) is 11.3.